The molecule has 0 saturated carbocycles. The first kappa shape index (κ1) is 14.0. The third kappa shape index (κ3) is 4.29. The van der Waals surface area contributed by atoms with Gasteiger partial charge in [0.1, 0.15) is 0 Å². The summed E-state index contributed by atoms with van der Waals surface area (Å²) in [6.45, 7) is 3.19. The summed E-state index contributed by atoms with van der Waals surface area (Å²) in [5, 5.41) is 3.57. The molecule has 2 aliphatic heterocycles. The summed E-state index contributed by atoms with van der Waals surface area (Å²) in [4.78, 5) is 0. The van der Waals surface area contributed by atoms with Crippen LogP contribution in [0.25, 0.3) is 0 Å². The van der Waals surface area contributed by atoms with E-state index in [1.807, 2.05) is 23.5 Å². The number of nitrogens with one attached hydrogen (secondary N) is 2. The van der Waals surface area contributed by atoms with E-state index in [0.717, 1.165) is 24.6 Å². The molecule has 0 aromatic rings. The molecule has 100 valence electrons. The Kier molecular flexibility index (Phi) is 5.44. The summed E-state index contributed by atoms with van der Waals surface area (Å²) in [6.07, 6.45) is 0. The van der Waals surface area contributed by atoms with Crippen molar-refractivity contribution in [2.75, 3.05) is 50.0 Å². The molecule has 2 saturated heterocycles. The molecule has 2 aliphatic rings. The zero-order chi connectivity index (χ0) is 12.1. The average molecular weight is 297 g/mol. The maximum Gasteiger partial charge on any atom is 0.279 e. The highest BCUT2D eigenvalue weighted by molar-refractivity contribution is 8.06. The van der Waals surface area contributed by atoms with Crippen molar-refractivity contribution >= 4 is 33.7 Å². The Morgan fingerprint density at radius 3 is 2.71 bits per heavy atom. The van der Waals surface area contributed by atoms with Gasteiger partial charge in [-0.25, -0.2) is 4.72 Å². The minimum atomic E-state index is -3.26. The quantitative estimate of drug-likeness (QED) is 0.738. The molecule has 2 fully saturated rings. The lowest BCUT2D eigenvalue weighted by atomic mass is 10.4. The van der Waals surface area contributed by atoms with Crippen LogP contribution < -0.4 is 10.0 Å². The highest BCUT2D eigenvalue weighted by Gasteiger charge is 2.25. The Morgan fingerprint density at radius 2 is 2.06 bits per heavy atom. The minimum Gasteiger partial charge on any atom is -0.314 e. The fraction of sp³-hybridized carbons (Fsp3) is 1.00. The van der Waals surface area contributed by atoms with Gasteiger partial charge in [-0.15, -0.1) is 0 Å². The molecule has 0 aromatic carbocycles. The van der Waals surface area contributed by atoms with Gasteiger partial charge in [-0.2, -0.15) is 36.2 Å². The van der Waals surface area contributed by atoms with E-state index in [1.165, 1.54) is 10.1 Å². The van der Waals surface area contributed by atoms with Crippen LogP contribution in [-0.4, -0.2) is 68.0 Å². The molecule has 1 unspecified atom stereocenters. The topological polar surface area (TPSA) is 61.4 Å². The Hall–Kier alpha value is 0.530. The molecule has 2 N–H and O–H groups in total. The molecule has 1 atom stereocenters. The van der Waals surface area contributed by atoms with Gasteiger partial charge >= 0.3 is 0 Å². The fourth-order valence-electron chi connectivity index (χ4n) is 1.83. The second-order valence-electron chi connectivity index (χ2n) is 4.07. The highest BCUT2D eigenvalue weighted by atomic mass is 32.2. The highest BCUT2D eigenvalue weighted by Crippen LogP contribution is 2.23. The van der Waals surface area contributed by atoms with E-state index in [2.05, 4.69) is 10.0 Å². The number of rotatable bonds is 4. The molecular formula is C9H19N3O2S3. The van der Waals surface area contributed by atoms with Gasteiger partial charge in [-0.05, 0) is 0 Å². The van der Waals surface area contributed by atoms with Gasteiger partial charge in [0.2, 0.25) is 0 Å². The van der Waals surface area contributed by atoms with Crippen LogP contribution in [0.15, 0.2) is 0 Å². The Bertz CT molecular complexity index is 324. The molecule has 0 radical (unpaired) electrons. The number of hydrogen-bond acceptors (Lipinski definition) is 5. The van der Waals surface area contributed by atoms with Crippen LogP contribution in [-0.2, 0) is 10.2 Å². The summed E-state index contributed by atoms with van der Waals surface area (Å²) in [7, 11) is -3.26. The van der Waals surface area contributed by atoms with Crippen molar-refractivity contribution in [3.05, 3.63) is 0 Å². The lowest BCUT2D eigenvalue weighted by Gasteiger charge is -2.28. The van der Waals surface area contributed by atoms with Gasteiger partial charge < -0.3 is 5.32 Å². The van der Waals surface area contributed by atoms with E-state index >= 15 is 0 Å². The van der Waals surface area contributed by atoms with Crippen molar-refractivity contribution in [3.8, 4) is 0 Å². The number of thioether (sulfide) groups is 2. The molecule has 0 aliphatic carbocycles. The Labute approximate surface area is 112 Å². The molecule has 17 heavy (non-hydrogen) atoms. The van der Waals surface area contributed by atoms with E-state index in [1.54, 1.807) is 0 Å². The normalized spacial score (nSPS) is 28.1. The molecule has 2 rings (SSSR count). The molecular weight excluding hydrogens is 278 g/mol. The van der Waals surface area contributed by atoms with Crippen LogP contribution in [0.5, 0.6) is 0 Å². The third-order valence-electron chi connectivity index (χ3n) is 2.79. The van der Waals surface area contributed by atoms with Crippen LogP contribution >= 0.6 is 23.5 Å². The van der Waals surface area contributed by atoms with E-state index in [0.29, 0.717) is 24.9 Å². The third-order valence-corrected chi connectivity index (χ3v) is 7.22. The summed E-state index contributed by atoms with van der Waals surface area (Å²) in [6, 6.07) is 0. The first-order chi connectivity index (χ1) is 8.18. The second kappa shape index (κ2) is 6.63. The Morgan fingerprint density at radius 1 is 1.29 bits per heavy atom. The van der Waals surface area contributed by atoms with E-state index in [-0.39, 0.29) is 0 Å². The summed E-state index contributed by atoms with van der Waals surface area (Å²) >= 11 is 3.78. The predicted molar refractivity (Wildman–Crippen MR) is 74.9 cm³/mol. The van der Waals surface area contributed by atoms with Crippen LogP contribution in [0.1, 0.15) is 0 Å². The molecule has 0 amide bonds. The van der Waals surface area contributed by atoms with Crippen molar-refractivity contribution in [1.82, 2.24) is 14.3 Å². The van der Waals surface area contributed by atoms with Crippen LogP contribution in [0.2, 0.25) is 0 Å². The molecule has 0 spiro atoms. The summed E-state index contributed by atoms with van der Waals surface area (Å²) in [5.74, 6) is 3.37. The van der Waals surface area contributed by atoms with E-state index in [9.17, 15) is 8.42 Å². The molecule has 5 nitrogen and oxygen atoms in total. The fourth-order valence-corrected chi connectivity index (χ4v) is 5.80. The average Bonchev–Trinajstić information content (AvgIpc) is 2.39. The van der Waals surface area contributed by atoms with Gasteiger partial charge in [0.15, 0.2) is 0 Å². The van der Waals surface area contributed by atoms with Gasteiger partial charge in [-0.3, -0.25) is 0 Å². The standard InChI is InChI=1S/C9H19N3O2S3/c13-17(14,12-3-1-10-2-4-12)11-7-9-8-15-5-6-16-9/h9-11H,1-8H2. The number of hydrogen-bond donors (Lipinski definition) is 2. The molecule has 2 heterocycles. The predicted octanol–water partition coefficient (Wildman–Crippen LogP) is -0.425. The van der Waals surface area contributed by atoms with E-state index in [4.69, 9.17) is 0 Å². The zero-order valence-corrected chi connectivity index (χ0v) is 12.2. The van der Waals surface area contributed by atoms with Crippen LogP contribution in [0, 0.1) is 0 Å². The Balaban J connectivity index is 1.79. The van der Waals surface area contributed by atoms with Crippen molar-refractivity contribution in [2.45, 2.75) is 5.25 Å². The van der Waals surface area contributed by atoms with Crippen molar-refractivity contribution in [2.24, 2.45) is 0 Å². The summed E-state index contributed by atoms with van der Waals surface area (Å²) in [5.41, 5.74) is 0. The largest absolute Gasteiger partial charge is 0.314 e. The van der Waals surface area contributed by atoms with E-state index < -0.39 is 10.2 Å². The second-order valence-corrected chi connectivity index (χ2v) is 8.38. The maximum atomic E-state index is 12.0. The van der Waals surface area contributed by atoms with Crippen LogP contribution in [0.3, 0.4) is 0 Å². The minimum absolute atomic E-state index is 0.423. The maximum absolute atomic E-state index is 12.0. The molecule has 0 aromatic heterocycles. The monoisotopic (exact) mass is 297 g/mol. The van der Waals surface area contributed by atoms with Crippen LogP contribution in [0.4, 0.5) is 0 Å². The lowest BCUT2D eigenvalue weighted by Crippen LogP contribution is -2.51. The van der Waals surface area contributed by atoms with Gasteiger partial charge in [0, 0.05) is 55.2 Å². The van der Waals surface area contributed by atoms with Crippen molar-refractivity contribution in [1.29, 1.82) is 0 Å². The SMILES string of the molecule is O=S(=O)(NCC1CSCCS1)N1CCNCC1. The van der Waals surface area contributed by atoms with Crippen molar-refractivity contribution < 1.29 is 8.42 Å². The first-order valence-electron chi connectivity index (χ1n) is 5.83. The summed E-state index contributed by atoms with van der Waals surface area (Å²) < 4.78 is 28.3. The molecule has 8 heteroatoms. The van der Waals surface area contributed by atoms with Crippen molar-refractivity contribution in [3.63, 3.8) is 0 Å². The smallest absolute Gasteiger partial charge is 0.279 e. The first-order valence-corrected chi connectivity index (χ1v) is 9.47. The number of piperazine rings is 1. The zero-order valence-electron chi connectivity index (χ0n) is 9.72. The molecule has 0 bridgehead atoms. The van der Waals surface area contributed by atoms with Gasteiger partial charge in [-0.1, -0.05) is 0 Å². The van der Waals surface area contributed by atoms with Gasteiger partial charge in [0.05, 0.1) is 0 Å². The van der Waals surface area contributed by atoms with Gasteiger partial charge in [0.25, 0.3) is 10.2 Å². The number of nitrogens with zero attached hydrogens (tertiary/aromatic N) is 1. The lowest BCUT2D eigenvalue weighted by molar-refractivity contribution is 0.355.